The maximum absolute atomic E-state index is 14.0. The number of benzene rings is 2. The number of rotatable bonds is 6. The van der Waals surface area contributed by atoms with E-state index in [-0.39, 0.29) is 18.0 Å². The first-order valence-electron chi connectivity index (χ1n) is 11.9. The third kappa shape index (κ3) is 5.17. The fourth-order valence-electron chi connectivity index (χ4n) is 4.70. The molecule has 0 aliphatic carbocycles. The molecule has 1 aliphatic rings. The monoisotopic (exact) mass is 553 g/mol. The molecule has 9 heteroatoms. The molecule has 0 saturated carbocycles. The Kier molecular flexibility index (Phi) is 7.11. The van der Waals surface area contributed by atoms with Gasteiger partial charge in [0.1, 0.15) is 6.54 Å². The summed E-state index contributed by atoms with van der Waals surface area (Å²) < 4.78 is 30.5. The third-order valence-electron chi connectivity index (χ3n) is 6.52. The van der Waals surface area contributed by atoms with Gasteiger partial charge in [0.05, 0.1) is 16.8 Å². The van der Waals surface area contributed by atoms with Crippen molar-refractivity contribution in [3.05, 3.63) is 82.0 Å². The lowest BCUT2D eigenvalue weighted by Crippen LogP contribution is -2.49. The Morgan fingerprint density at radius 1 is 1.03 bits per heavy atom. The number of nitrogens with zero attached hydrogens (tertiary/aromatic N) is 5. The topological polar surface area (TPSA) is 54.3 Å². The third-order valence-corrected chi connectivity index (χ3v) is 7.01. The van der Waals surface area contributed by atoms with E-state index >= 15 is 0 Å². The predicted octanol–water partition coefficient (Wildman–Crippen LogP) is 5.45. The Bertz CT molecular complexity index is 1380. The van der Waals surface area contributed by atoms with Gasteiger partial charge >= 0.3 is 0 Å². The van der Waals surface area contributed by atoms with Crippen molar-refractivity contribution in [1.82, 2.24) is 24.6 Å². The maximum Gasteiger partial charge on any atom is 0.264 e. The molecule has 36 heavy (non-hydrogen) atoms. The van der Waals surface area contributed by atoms with Crippen LogP contribution in [0.3, 0.4) is 0 Å². The van der Waals surface area contributed by atoms with Crippen molar-refractivity contribution in [2.75, 3.05) is 26.2 Å². The summed E-state index contributed by atoms with van der Waals surface area (Å²) in [6.45, 7) is 5.22. The van der Waals surface area contributed by atoms with Crippen LogP contribution in [0.15, 0.2) is 65.1 Å². The van der Waals surface area contributed by atoms with Gasteiger partial charge in [0.15, 0.2) is 5.65 Å². The smallest absolute Gasteiger partial charge is 0.264 e. The van der Waals surface area contributed by atoms with Crippen LogP contribution in [0.1, 0.15) is 23.2 Å². The van der Waals surface area contributed by atoms with Crippen LogP contribution in [0.25, 0.3) is 22.3 Å². The number of carbonyl (C=O) groups excluding carboxylic acids is 1. The minimum atomic E-state index is -2.68. The van der Waals surface area contributed by atoms with Crippen molar-refractivity contribution in [2.45, 2.75) is 26.4 Å². The minimum Gasteiger partial charge on any atom is -0.339 e. The van der Waals surface area contributed by atoms with E-state index in [1.165, 1.54) is 16.3 Å². The van der Waals surface area contributed by atoms with Crippen molar-refractivity contribution in [3.8, 4) is 11.3 Å². The highest BCUT2D eigenvalue weighted by Gasteiger charge is 2.25. The van der Waals surface area contributed by atoms with E-state index in [4.69, 9.17) is 0 Å². The molecule has 0 atom stereocenters. The summed E-state index contributed by atoms with van der Waals surface area (Å²) in [5.41, 5.74) is 3.03. The average molecular weight is 554 g/mol. The van der Waals surface area contributed by atoms with Crippen molar-refractivity contribution in [3.63, 3.8) is 0 Å². The van der Waals surface area contributed by atoms with E-state index in [9.17, 15) is 13.6 Å². The predicted molar refractivity (Wildman–Crippen MR) is 139 cm³/mol. The molecule has 0 bridgehead atoms. The lowest BCUT2D eigenvalue weighted by Gasteiger charge is -2.34. The van der Waals surface area contributed by atoms with Gasteiger partial charge in [-0.2, -0.15) is 5.10 Å². The molecule has 0 unspecified atom stereocenters. The number of hydrogen-bond acceptors (Lipinski definition) is 4. The Morgan fingerprint density at radius 2 is 1.78 bits per heavy atom. The molecule has 1 saturated heterocycles. The van der Waals surface area contributed by atoms with Gasteiger partial charge < -0.3 is 4.90 Å². The maximum atomic E-state index is 14.0. The van der Waals surface area contributed by atoms with Crippen LogP contribution in [0.4, 0.5) is 8.78 Å². The summed E-state index contributed by atoms with van der Waals surface area (Å²) in [6, 6.07) is 18.8. The van der Waals surface area contributed by atoms with Crippen LogP contribution < -0.4 is 0 Å². The highest BCUT2D eigenvalue weighted by Crippen LogP contribution is 2.33. The highest BCUT2D eigenvalue weighted by molar-refractivity contribution is 9.10. The van der Waals surface area contributed by atoms with Gasteiger partial charge in [-0.15, -0.1) is 0 Å². The van der Waals surface area contributed by atoms with Gasteiger partial charge in [0.2, 0.25) is 5.91 Å². The van der Waals surface area contributed by atoms with Gasteiger partial charge in [0, 0.05) is 48.3 Å². The molecule has 0 N–H and O–H groups in total. The summed E-state index contributed by atoms with van der Waals surface area (Å²) in [7, 11) is 0. The summed E-state index contributed by atoms with van der Waals surface area (Å²) in [5, 5.41) is 4.76. The van der Waals surface area contributed by atoms with Crippen molar-refractivity contribution >= 4 is 32.9 Å². The zero-order chi connectivity index (χ0) is 25.2. The summed E-state index contributed by atoms with van der Waals surface area (Å²) in [6.07, 6.45) is -2.68. The molecule has 6 nitrogen and oxygen atoms in total. The van der Waals surface area contributed by atoms with Gasteiger partial charge in [-0.3, -0.25) is 9.69 Å². The van der Waals surface area contributed by atoms with Crippen LogP contribution >= 0.6 is 15.9 Å². The second-order valence-electron chi connectivity index (χ2n) is 8.99. The lowest BCUT2D eigenvalue weighted by atomic mass is 10.1. The van der Waals surface area contributed by atoms with Gasteiger partial charge in [-0.05, 0) is 30.7 Å². The van der Waals surface area contributed by atoms with Gasteiger partial charge in [-0.25, -0.2) is 18.4 Å². The first-order chi connectivity index (χ1) is 17.4. The Balaban J connectivity index is 1.34. The van der Waals surface area contributed by atoms with Crippen LogP contribution in [0.2, 0.25) is 0 Å². The fraction of sp³-hybridized carbons (Fsp3) is 0.296. The minimum absolute atomic E-state index is 0.0378. The number of aromatic nitrogens is 3. The highest BCUT2D eigenvalue weighted by atomic mass is 79.9. The molecule has 2 aromatic heterocycles. The van der Waals surface area contributed by atoms with Crippen molar-refractivity contribution in [1.29, 1.82) is 0 Å². The molecule has 1 amide bonds. The SMILES string of the molecule is Cc1nn(CC(=O)N2CCN(Cc3cccc(Br)c3)CC2)c2nc(-c3ccccc3)cc(C(F)F)c12. The summed E-state index contributed by atoms with van der Waals surface area (Å²) >= 11 is 3.51. The first-order valence-corrected chi connectivity index (χ1v) is 12.6. The molecule has 186 valence electrons. The molecule has 2 aromatic carbocycles. The number of carbonyl (C=O) groups is 1. The standard InChI is InChI=1S/C27H26BrF2N5O/c1-18-25-22(26(29)30)15-23(20-7-3-2-4-8-20)31-27(25)35(32-18)17-24(36)34-12-10-33(11-13-34)16-19-6-5-9-21(28)14-19/h2-9,14-15,26H,10-13,16-17H2,1H3. The quantitative estimate of drug-likeness (QED) is 0.318. The number of piperazine rings is 1. The van der Waals surface area contributed by atoms with Crippen LogP contribution in [-0.2, 0) is 17.9 Å². The number of alkyl halides is 2. The molecule has 3 heterocycles. The zero-order valence-corrected chi connectivity index (χ0v) is 21.5. The fourth-order valence-corrected chi connectivity index (χ4v) is 5.15. The van der Waals surface area contributed by atoms with Crippen LogP contribution in [0.5, 0.6) is 0 Å². The van der Waals surface area contributed by atoms with Crippen molar-refractivity contribution < 1.29 is 13.6 Å². The molecule has 0 spiro atoms. The molecule has 0 radical (unpaired) electrons. The van der Waals surface area contributed by atoms with E-state index in [0.717, 1.165) is 29.7 Å². The van der Waals surface area contributed by atoms with Gasteiger partial charge in [-0.1, -0.05) is 58.4 Å². The largest absolute Gasteiger partial charge is 0.339 e. The second-order valence-corrected chi connectivity index (χ2v) is 9.91. The molecule has 5 rings (SSSR count). The van der Waals surface area contributed by atoms with Gasteiger partial charge in [0.25, 0.3) is 6.43 Å². The Hall–Kier alpha value is -3.17. The normalized spacial score (nSPS) is 14.6. The van der Waals surface area contributed by atoms with E-state index < -0.39 is 6.43 Å². The van der Waals surface area contributed by atoms with Crippen LogP contribution in [0, 0.1) is 6.92 Å². The van der Waals surface area contributed by atoms with Crippen molar-refractivity contribution in [2.24, 2.45) is 0 Å². The number of halogens is 3. The molecule has 1 fully saturated rings. The summed E-state index contributed by atoms with van der Waals surface area (Å²) in [5.74, 6) is -0.0907. The number of hydrogen-bond donors (Lipinski definition) is 0. The molecular formula is C27H26BrF2N5O. The second kappa shape index (κ2) is 10.4. The Morgan fingerprint density at radius 3 is 2.47 bits per heavy atom. The zero-order valence-electron chi connectivity index (χ0n) is 19.9. The molecular weight excluding hydrogens is 528 g/mol. The number of pyridine rings is 1. The van der Waals surface area contributed by atoms with Crippen LogP contribution in [-0.4, -0.2) is 56.7 Å². The lowest BCUT2D eigenvalue weighted by molar-refractivity contribution is -0.133. The van der Waals surface area contributed by atoms with E-state index in [1.54, 1.807) is 6.92 Å². The molecule has 4 aromatic rings. The first kappa shape index (κ1) is 24.5. The number of amides is 1. The average Bonchev–Trinajstić information content (AvgIpc) is 3.19. The van der Waals surface area contributed by atoms with E-state index in [1.807, 2.05) is 47.4 Å². The van der Waals surface area contributed by atoms with E-state index in [2.05, 4.69) is 43.0 Å². The Labute approximate surface area is 216 Å². The molecule has 1 aliphatic heterocycles. The number of fused-ring (bicyclic) bond motifs is 1. The number of aryl methyl sites for hydroxylation is 1. The summed E-state index contributed by atoms with van der Waals surface area (Å²) in [4.78, 5) is 22.0. The van der Waals surface area contributed by atoms with E-state index in [0.29, 0.717) is 35.5 Å².